The minimum absolute atomic E-state index is 0.0477. The van der Waals surface area contributed by atoms with Gasteiger partial charge in [-0.05, 0) is 68.2 Å². The van der Waals surface area contributed by atoms with Gasteiger partial charge < -0.3 is 25.9 Å². The molecule has 1 aliphatic heterocycles. The Morgan fingerprint density at radius 3 is 2.16 bits per heavy atom. The topological polar surface area (TPSA) is 171 Å². The second-order valence-electron chi connectivity index (χ2n) is 12.0. The molecular formula is C29H37N9O3S2. The van der Waals surface area contributed by atoms with Crippen molar-refractivity contribution in [2.45, 2.75) is 62.6 Å². The summed E-state index contributed by atoms with van der Waals surface area (Å²) in [6.45, 7) is 1.99. The molecule has 0 radical (unpaired) electrons. The first-order valence-electron chi connectivity index (χ1n) is 14.3. The largest absolute Gasteiger partial charge is 0.344 e. The van der Waals surface area contributed by atoms with Crippen LogP contribution in [0.25, 0.3) is 0 Å². The Balaban J connectivity index is 1.56. The summed E-state index contributed by atoms with van der Waals surface area (Å²) in [5.74, 6) is 5.45. The van der Waals surface area contributed by atoms with Crippen LogP contribution in [0, 0.1) is 22.7 Å². The second-order valence-corrected chi connectivity index (χ2v) is 14.3. The number of amides is 3. The Morgan fingerprint density at radius 2 is 1.67 bits per heavy atom. The van der Waals surface area contributed by atoms with Crippen molar-refractivity contribution in [2.24, 2.45) is 22.1 Å². The number of rotatable bonds is 8. The number of carbonyl (C=O) groups is 3. The van der Waals surface area contributed by atoms with E-state index in [-0.39, 0.29) is 48.2 Å². The van der Waals surface area contributed by atoms with Gasteiger partial charge >= 0.3 is 0 Å². The molecule has 1 saturated carbocycles. The van der Waals surface area contributed by atoms with Crippen LogP contribution in [0.5, 0.6) is 0 Å². The maximum absolute atomic E-state index is 13.2. The highest BCUT2D eigenvalue weighted by Crippen LogP contribution is 2.50. The molecule has 0 bridgehead atoms. The van der Waals surface area contributed by atoms with Gasteiger partial charge in [-0.15, -0.1) is 27.8 Å². The molecule has 5 rings (SSSR count). The van der Waals surface area contributed by atoms with E-state index in [0.717, 1.165) is 33.7 Å². The number of nitrogens with two attached hydrogens (primary N) is 1. The van der Waals surface area contributed by atoms with Crippen molar-refractivity contribution in [1.29, 1.82) is 10.7 Å². The average Bonchev–Trinajstić information content (AvgIpc) is 3.29. The number of carbonyl (C=O) groups excluding carboxylic acids is 3. The summed E-state index contributed by atoms with van der Waals surface area (Å²) in [4.78, 5) is 47.2. The Morgan fingerprint density at radius 1 is 1.12 bits per heavy atom. The summed E-state index contributed by atoms with van der Waals surface area (Å²) in [6.07, 6.45) is 3.24. The summed E-state index contributed by atoms with van der Waals surface area (Å²) >= 11 is 2.82. The molecule has 12 nitrogen and oxygen atoms in total. The van der Waals surface area contributed by atoms with E-state index >= 15 is 0 Å². The van der Waals surface area contributed by atoms with E-state index in [0.29, 0.717) is 34.9 Å². The van der Waals surface area contributed by atoms with E-state index in [4.69, 9.17) is 5.84 Å². The molecule has 3 heterocycles. The van der Waals surface area contributed by atoms with Gasteiger partial charge in [0.15, 0.2) is 5.84 Å². The highest BCUT2D eigenvalue weighted by atomic mass is 32.1. The highest BCUT2D eigenvalue weighted by Gasteiger charge is 2.54. The second kappa shape index (κ2) is 11.8. The van der Waals surface area contributed by atoms with Crippen LogP contribution in [-0.4, -0.2) is 91.1 Å². The fourth-order valence-electron chi connectivity index (χ4n) is 6.50. The first kappa shape index (κ1) is 30.8. The zero-order chi connectivity index (χ0) is 31.2. The number of aryl methyl sites for hydroxylation is 2. The van der Waals surface area contributed by atoms with Crippen molar-refractivity contribution >= 4 is 46.2 Å². The summed E-state index contributed by atoms with van der Waals surface area (Å²) in [5.41, 5.74) is 0.350. The van der Waals surface area contributed by atoms with Crippen LogP contribution in [0.3, 0.4) is 0 Å². The molecule has 2 aromatic rings. The molecular weight excluding hydrogens is 587 g/mol. The van der Waals surface area contributed by atoms with Gasteiger partial charge in [-0.2, -0.15) is 5.26 Å². The predicted molar refractivity (Wildman–Crippen MR) is 164 cm³/mol. The first-order chi connectivity index (χ1) is 20.4. The lowest BCUT2D eigenvalue weighted by Gasteiger charge is -2.35. The Kier molecular flexibility index (Phi) is 8.43. The number of hydrogen-bond donors (Lipinski definition) is 3. The van der Waals surface area contributed by atoms with Gasteiger partial charge in [0, 0.05) is 50.0 Å². The Bertz CT molecular complexity index is 1470. The molecule has 4 N–H and O–H groups in total. The number of nitriles is 1. The normalized spacial score (nSPS) is 22.1. The van der Waals surface area contributed by atoms with E-state index in [1.165, 1.54) is 32.5 Å². The number of likely N-dealkylation sites (tertiary alicyclic amines) is 1. The maximum Gasteiger partial charge on any atom is 0.263 e. The standard InChI is InChI=1S/C29H37N9O3S2/c1-15(33-14-25(39)38-17(13-30)8-16-9-20(16)38)12-29(28(31)34-35-32)18-10-23(26(40)36(2)3)42-21(18)6-7-22-19(29)11-24(43-22)27(41)37(4)5/h10-11,15-17,20,33H,6-9,12,14H2,1-5H3,(H3,31,32,34)/t15-,16+,17?,20-/m0/s1. The molecule has 4 atom stereocenters. The van der Waals surface area contributed by atoms with Gasteiger partial charge in [-0.3, -0.25) is 19.8 Å². The van der Waals surface area contributed by atoms with Crippen LogP contribution in [0.2, 0.25) is 0 Å². The minimum Gasteiger partial charge on any atom is -0.344 e. The predicted octanol–water partition coefficient (Wildman–Crippen LogP) is 2.78. The SMILES string of the molecule is C[C@@H](CC1(C(=N)N=NN)c2cc(C(=O)N(C)C)sc2CCc2sc(C(=O)N(C)C)cc21)NCC(=O)N1C(C#N)C[C@@H]2C[C@@H]21. The van der Waals surface area contributed by atoms with E-state index < -0.39 is 5.41 Å². The molecule has 0 aromatic carbocycles. The van der Waals surface area contributed by atoms with Gasteiger partial charge in [0.2, 0.25) is 5.91 Å². The van der Waals surface area contributed by atoms with Crippen molar-refractivity contribution in [3.8, 4) is 6.07 Å². The van der Waals surface area contributed by atoms with Gasteiger partial charge in [0.05, 0.1) is 27.8 Å². The van der Waals surface area contributed by atoms with Gasteiger partial charge in [-0.25, -0.2) is 0 Å². The number of nitrogens with one attached hydrogen (secondary N) is 2. The van der Waals surface area contributed by atoms with Gasteiger partial charge in [0.1, 0.15) is 6.04 Å². The van der Waals surface area contributed by atoms with Crippen LogP contribution >= 0.6 is 22.7 Å². The molecule has 3 aliphatic rings. The van der Waals surface area contributed by atoms with Crippen molar-refractivity contribution in [2.75, 3.05) is 34.7 Å². The average molecular weight is 624 g/mol. The lowest BCUT2D eigenvalue weighted by molar-refractivity contribution is -0.131. The summed E-state index contributed by atoms with van der Waals surface area (Å²) < 4.78 is 0. The monoisotopic (exact) mass is 623 g/mol. The third-order valence-corrected chi connectivity index (χ3v) is 11.0. The van der Waals surface area contributed by atoms with Crippen LogP contribution in [0.1, 0.15) is 66.4 Å². The number of piperidine rings is 1. The molecule has 2 fully saturated rings. The number of hydrogen-bond acceptors (Lipinski definition) is 9. The molecule has 2 aliphatic carbocycles. The zero-order valence-corrected chi connectivity index (χ0v) is 26.6. The number of amidine groups is 1. The zero-order valence-electron chi connectivity index (χ0n) is 25.0. The lowest BCUT2D eigenvalue weighted by Crippen LogP contribution is -2.47. The van der Waals surface area contributed by atoms with Crippen LogP contribution in [0.4, 0.5) is 0 Å². The number of nitrogens with zero attached hydrogens (tertiary/aromatic N) is 6. The highest BCUT2D eigenvalue weighted by molar-refractivity contribution is 7.15. The number of thiophene rings is 2. The molecule has 1 unspecified atom stereocenters. The summed E-state index contributed by atoms with van der Waals surface area (Å²) in [7, 11) is 6.80. The summed E-state index contributed by atoms with van der Waals surface area (Å²) in [5, 5.41) is 29.7. The molecule has 14 heteroatoms. The fraction of sp³-hybridized carbons (Fsp3) is 0.552. The lowest BCUT2D eigenvalue weighted by atomic mass is 9.70. The van der Waals surface area contributed by atoms with Crippen molar-refractivity contribution < 1.29 is 14.4 Å². The van der Waals surface area contributed by atoms with Crippen molar-refractivity contribution in [3.05, 3.63) is 42.8 Å². The molecule has 3 amide bonds. The summed E-state index contributed by atoms with van der Waals surface area (Å²) in [6, 6.07) is 5.41. The van der Waals surface area contributed by atoms with E-state index in [2.05, 4.69) is 21.7 Å². The van der Waals surface area contributed by atoms with Crippen LogP contribution in [0.15, 0.2) is 22.5 Å². The molecule has 2 aromatic heterocycles. The third-order valence-electron chi connectivity index (χ3n) is 8.67. The molecule has 1 saturated heterocycles. The van der Waals surface area contributed by atoms with E-state index in [1.54, 1.807) is 33.1 Å². The van der Waals surface area contributed by atoms with E-state index in [9.17, 15) is 25.1 Å². The van der Waals surface area contributed by atoms with Crippen molar-refractivity contribution in [3.63, 3.8) is 0 Å². The third kappa shape index (κ3) is 5.45. The maximum atomic E-state index is 13.2. The molecule has 228 valence electrons. The molecule has 43 heavy (non-hydrogen) atoms. The smallest absolute Gasteiger partial charge is 0.263 e. The fourth-order valence-corrected chi connectivity index (χ4v) is 9.02. The number of fused-ring (bicyclic) bond motifs is 3. The van der Waals surface area contributed by atoms with Gasteiger partial charge in [-0.1, -0.05) is 5.22 Å². The Labute approximate surface area is 259 Å². The van der Waals surface area contributed by atoms with Crippen LogP contribution < -0.4 is 11.2 Å². The van der Waals surface area contributed by atoms with Gasteiger partial charge in [0.25, 0.3) is 11.8 Å². The minimum atomic E-state index is -1.19. The first-order valence-corrected chi connectivity index (χ1v) is 15.9. The van der Waals surface area contributed by atoms with Crippen molar-refractivity contribution in [1.82, 2.24) is 20.0 Å². The Hall–Kier alpha value is -3.67. The van der Waals surface area contributed by atoms with E-state index in [1.807, 2.05) is 19.1 Å². The quantitative estimate of drug-likeness (QED) is 0.134. The molecule has 0 spiro atoms. The van der Waals surface area contributed by atoms with Crippen LogP contribution in [-0.2, 0) is 23.1 Å².